The Bertz CT molecular complexity index is 7360. The van der Waals surface area contributed by atoms with Crippen LogP contribution in [-0.2, 0) is 0 Å². The van der Waals surface area contributed by atoms with Crippen molar-refractivity contribution in [3.05, 3.63) is 425 Å². The Hall–Kier alpha value is -16.4. The fraction of sp³-hybridized carbons (Fsp3) is 0. The number of nitrogens with zero attached hydrogens (tertiary/aromatic N) is 10. The van der Waals surface area contributed by atoms with Gasteiger partial charge in [-0.15, -0.1) is 0 Å². The summed E-state index contributed by atoms with van der Waals surface area (Å²) in [6.45, 7) is 0. The van der Waals surface area contributed by atoms with E-state index in [1.165, 1.54) is 66.1 Å². The third-order valence-electron chi connectivity index (χ3n) is 22.5. The molecule has 0 saturated carbocycles. The van der Waals surface area contributed by atoms with Gasteiger partial charge in [0.25, 0.3) is 0 Å². The van der Waals surface area contributed by atoms with Gasteiger partial charge >= 0.3 is 0 Å². The fourth-order valence-electron chi connectivity index (χ4n) is 16.9. The van der Waals surface area contributed by atoms with E-state index in [9.17, 15) is 0 Å². The highest BCUT2D eigenvalue weighted by Crippen LogP contribution is 2.51. The van der Waals surface area contributed by atoms with Crippen LogP contribution in [-0.4, -0.2) is 43.6 Å². The maximum absolute atomic E-state index is 6.46. The summed E-state index contributed by atoms with van der Waals surface area (Å²) in [5.74, 6) is 5.51. The molecule has 0 atom stereocenters. The molecule has 23 aromatic rings. The lowest BCUT2D eigenvalue weighted by Crippen LogP contribution is -2.15. The first kappa shape index (κ1) is 70.2. The van der Waals surface area contributed by atoms with Crippen LogP contribution >= 0.6 is 0 Å². The lowest BCUT2D eigenvalue weighted by Gasteiger charge is -2.32. The molecule has 0 saturated heterocycles. The third-order valence-corrected chi connectivity index (χ3v) is 22.5. The molecule has 0 spiro atoms. The molecule has 1 aliphatic heterocycles. The number of benzene rings is 17. The van der Waals surface area contributed by atoms with Gasteiger partial charge in [-0.3, -0.25) is 0 Å². The van der Waals surface area contributed by atoms with Crippen molar-refractivity contribution < 1.29 is 9.15 Å². The summed E-state index contributed by atoms with van der Waals surface area (Å²) in [5.41, 5.74) is 23.5. The van der Waals surface area contributed by atoms with E-state index in [1.807, 2.05) is 170 Å². The van der Waals surface area contributed by atoms with E-state index >= 15 is 0 Å². The SMILES string of the molecule is c1ccc(-c2nc(-c3ccccc3)nc(-c3ccc(-n4c5ccccc5c5c6oc7ccccc7c6ccc54)cc3)n2)cc1.c1ccc(-c2nc(-c3ccccc3)nc(-c3ccc(N4c5ccccc5Oc5ccccc54)cc3)n2)cc1.c1ccc2c(c1)c1ccccc1n2-c1ccc(-c2ccc(-n3c4ccccc4c4ccccc43)cc2)cc1. The number of rotatable bonds is 11. The van der Waals surface area contributed by atoms with E-state index in [4.69, 9.17) is 39.1 Å². The van der Waals surface area contributed by atoms with Crippen molar-refractivity contribution in [3.8, 4) is 108 Å². The van der Waals surface area contributed by atoms with Gasteiger partial charge in [0.1, 0.15) is 11.2 Å². The molecule has 0 aliphatic carbocycles. The van der Waals surface area contributed by atoms with Crippen LogP contribution < -0.4 is 9.64 Å². The highest BCUT2D eigenvalue weighted by molar-refractivity contribution is 6.24. The summed E-state index contributed by atoms with van der Waals surface area (Å²) in [6.07, 6.45) is 0. The number of furan rings is 1. The number of para-hydroxylation sites is 10. The van der Waals surface area contributed by atoms with E-state index < -0.39 is 0 Å². The van der Waals surface area contributed by atoms with Crippen LogP contribution in [0.1, 0.15) is 0 Å². The predicted molar refractivity (Wildman–Crippen MR) is 489 cm³/mol. The summed E-state index contributed by atoms with van der Waals surface area (Å²) >= 11 is 0. The number of hydrogen-bond donors (Lipinski definition) is 0. The molecule has 0 bridgehead atoms. The van der Waals surface area contributed by atoms with Gasteiger partial charge in [0.05, 0.1) is 49.9 Å². The van der Waals surface area contributed by atoms with Gasteiger partial charge in [0.2, 0.25) is 0 Å². The second-order valence-electron chi connectivity index (χ2n) is 29.7. The monoisotopic (exact) mass is 1540 g/mol. The van der Waals surface area contributed by atoms with Gasteiger partial charge in [-0.25, -0.2) is 29.9 Å². The zero-order chi connectivity index (χ0) is 79.4. The molecule has 564 valence electrons. The predicted octanol–water partition coefficient (Wildman–Crippen LogP) is 27.9. The standard InChI is InChI=1S/C39H24N4O.C36H24N2.C33H22N4O/c1-3-11-25(12-4-1)37-40-38(26-13-5-2-6-14-26)42-39(41-37)27-19-21-28(22-20-27)43-32-17-9-7-16-31(32)35-33(43)24-23-30-29-15-8-10-18-34(29)44-36(30)35;1-5-13-33-29(9-1)30-10-2-6-14-34(30)37(33)27-21-17-25(18-22-27)26-19-23-28(24-20-26)38-35-15-7-3-11-31(35)32-12-4-8-16-36(32)38;1-3-11-23(12-4-1)31-34-32(24-13-5-2-6-14-24)36-33(35-31)25-19-21-26(22-20-25)37-27-15-7-9-17-29(27)38-30-18-10-8-16-28(30)37/h1-24H;1-24H;1-22H. The topological polar surface area (TPSA) is 118 Å². The molecule has 120 heavy (non-hydrogen) atoms. The minimum atomic E-state index is 0.632. The quantitative estimate of drug-likeness (QED) is 0.125. The van der Waals surface area contributed by atoms with Crippen molar-refractivity contribution in [2.75, 3.05) is 4.90 Å². The highest BCUT2D eigenvalue weighted by Gasteiger charge is 2.27. The lowest BCUT2D eigenvalue weighted by molar-refractivity contribution is 0.477. The van der Waals surface area contributed by atoms with Crippen LogP contribution in [0.5, 0.6) is 11.5 Å². The minimum Gasteiger partial charge on any atom is -0.455 e. The van der Waals surface area contributed by atoms with Crippen LogP contribution in [0.15, 0.2) is 429 Å². The van der Waals surface area contributed by atoms with Gasteiger partial charge in [-0.2, -0.15) is 0 Å². The molecule has 6 aromatic heterocycles. The number of fused-ring (bicyclic) bond motifs is 15. The Morgan fingerprint density at radius 1 is 0.183 bits per heavy atom. The van der Waals surface area contributed by atoms with Crippen LogP contribution in [0, 0.1) is 0 Å². The van der Waals surface area contributed by atoms with Gasteiger partial charge in [0, 0.05) is 93.8 Å². The minimum absolute atomic E-state index is 0.632. The molecule has 0 N–H and O–H groups in total. The Morgan fingerprint density at radius 2 is 0.458 bits per heavy atom. The van der Waals surface area contributed by atoms with E-state index in [2.05, 4.69) is 273 Å². The summed E-state index contributed by atoms with van der Waals surface area (Å²) in [6, 6.07) is 147. The second kappa shape index (κ2) is 30.1. The first-order chi connectivity index (χ1) is 59.5. The summed E-state index contributed by atoms with van der Waals surface area (Å²) in [4.78, 5) is 31.4. The second-order valence-corrected chi connectivity index (χ2v) is 29.7. The zero-order valence-corrected chi connectivity index (χ0v) is 64.7. The van der Waals surface area contributed by atoms with Gasteiger partial charge in [-0.1, -0.05) is 279 Å². The van der Waals surface area contributed by atoms with Gasteiger partial charge in [-0.05, 0) is 157 Å². The van der Waals surface area contributed by atoms with E-state index in [0.29, 0.717) is 34.9 Å². The smallest absolute Gasteiger partial charge is 0.164 e. The maximum Gasteiger partial charge on any atom is 0.164 e. The lowest BCUT2D eigenvalue weighted by atomic mass is 10.0. The van der Waals surface area contributed by atoms with Crippen molar-refractivity contribution in [2.24, 2.45) is 0 Å². The van der Waals surface area contributed by atoms with Crippen LogP contribution in [0.3, 0.4) is 0 Å². The molecule has 0 radical (unpaired) electrons. The number of anilines is 3. The van der Waals surface area contributed by atoms with Crippen LogP contribution in [0.2, 0.25) is 0 Å². The molecule has 1 aliphatic rings. The molecule has 17 aromatic carbocycles. The van der Waals surface area contributed by atoms with E-state index in [-0.39, 0.29) is 0 Å². The Labute approximate surface area is 690 Å². The molecular weight excluding hydrogens is 1470 g/mol. The molecular formula is C108H70N10O2. The van der Waals surface area contributed by atoms with Gasteiger partial charge in [0.15, 0.2) is 46.4 Å². The van der Waals surface area contributed by atoms with Crippen molar-refractivity contribution >= 4 is 104 Å². The summed E-state index contributed by atoms with van der Waals surface area (Å²) in [5, 5.41) is 9.68. The Morgan fingerprint density at radius 3 is 0.833 bits per heavy atom. The number of aromatic nitrogens is 9. The summed E-state index contributed by atoms with van der Waals surface area (Å²) in [7, 11) is 0. The molecule has 0 fully saturated rings. The average Bonchev–Trinajstić information content (AvgIpc) is 1.55. The molecule has 0 unspecified atom stereocenters. The Balaban J connectivity index is 0.000000108. The van der Waals surface area contributed by atoms with E-state index in [1.54, 1.807) is 0 Å². The van der Waals surface area contributed by atoms with Gasteiger partial charge < -0.3 is 27.8 Å². The number of ether oxygens (including phenoxy) is 1. The molecule has 0 amide bonds. The first-order valence-electron chi connectivity index (χ1n) is 40.1. The molecule has 12 nitrogen and oxygen atoms in total. The fourth-order valence-corrected chi connectivity index (χ4v) is 16.9. The van der Waals surface area contributed by atoms with Crippen molar-refractivity contribution in [1.82, 2.24) is 43.6 Å². The maximum atomic E-state index is 6.46. The van der Waals surface area contributed by atoms with Crippen molar-refractivity contribution in [1.29, 1.82) is 0 Å². The summed E-state index contributed by atoms with van der Waals surface area (Å²) < 4.78 is 19.7. The average molecular weight is 1540 g/mol. The largest absolute Gasteiger partial charge is 0.455 e. The normalized spacial score (nSPS) is 11.7. The Kier molecular flexibility index (Phi) is 17.6. The van der Waals surface area contributed by atoms with Crippen molar-refractivity contribution in [2.45, 2.75) is 0 Å². The third kappa shape index (κ3) is 12.7. The van der Waals surface area contributed by atoms with Crippen LogP contribution in [0.25, 0.3) is 184 Å². The number of hydrogen-bond acceptors (Lipinski definition) is 9. The highest BCUT2D eigenvalue weighted by atomic mass is 16.5. The zero-order valence-electron chi connectivity index (χ0n) is 64.7. The first-order valence-corrected chi connectivity index (χ1v) is 40.1. The van der Waals surface area contributed by atoms with Crippen LogP contribution in [0.4, 0.5) is 17.1 Å². The molecule has 12 heteroatoms. The molecule has 24 rings (SSSR count). The molecule has 7 heterocycles. The van der Waals surface area contributed by atoms with E-state index in [0.717, 1.165) is 111 Å². The van der Waals surface area contributed by atoms with Crippen molar-refractivity contribution in [3.63, 3.8) is 0 Å².